The summed E-state index contributed by atoms with van der Waals surface area (Å²) in [5, 5.41) is 9.47. The number of sulfonamides is 1. The van der Waals surface area contributed by atoms with Crippen molar-refractivity contribution in [3.63, 3.8) is 0 Å². The van der Waals surface area contributed by atoms with Crippen LogP contribution >= 0.6 is 11.3 Å². The summed E-state index contributed by atoms with van der Waals surface area (Å²) in [7, 11) is -3.76. The summed E-state index contributed by atoms with van der Waals surface area (Å²) in [4.78, 5) is 17.8. The first-order valence-electron chi connectivity index (χ1n) is 9.49. The van der Waals surface area contributed by atoms with E-state index in [1.54, 1.807) is 30.3 Å². The fourth-order valence-electron chi connectivity index (χ4n) is 3.18. The summed E-state index contributed by atoms with van der Waals surface area (Å²) in [6.45, 7) is 2.00. The number of fused-ring (bicyclic) bond motifs is 1. The van der Waals surface area contributed by atoms with E-state index >= 15 is 0 Å². The predicted octanol–water partition coefficient (Wildman–Crippen LogP) is 2.58. The second kappa shape index (κ2) is 7.52. The minimum absolute atomic E-state index is 0.0232. The summed E-state index contributed by atoms with van der Waals surface area (Å²) in [6.07, 6.45) is 1.64. The molecule has 0 aliphatic rings. The Morgan fingerprint density at radius 3 is 2.34 bits per heavy atom. The Hall–Kier alpha value is -3.60. The maximum absolute atomic E-state index is 12.8. The molecule has 160 valence electrons. The fourth-order valence-corrected chi connectivity index (χ4v) is 4.59. The number of nitrogens with zero attached hydrogens (tertiary/aromatic N) is 3. The standard InChI is InChI=1S/C22H16N4O4S2/c1-13-2-4-15(5-3-13)20-24-22-26(25-20)21(27)19(31-22)12-16-8-11-18(30-16)14-6-9-17(10-7-14)32(23,28)29/h2-12H,1H3,(H2,23,28,29)/b19-12-. The first-order chi connectivity index (χ1) is 15.3. The SMILES string of the molecule is Cc1ccc(-c2nc3s/c(=C\c4ccc(-c5ccc(S(N)(=O)=O)cc5)o4)c(=O)n3n2)cc1. The summed E-state index contributed by atoms with van der Waals surface area (Å²) >= 11 is 1.23. The third kappa shape index (κ3) is 3.75. The van der Waals surface area contributed by atoms with Gasteiger partial charge in [-0.3, -0.25) is 4.79 Å². The van der Waals surface area contributed by atoms with E-state index < -0.39 is 10.0 Å². The lowest BCUT2D eigenvalue weighted by atomic mass is 10.1. The van der Waals surface area contributed by atoms with Crippen LogP contribution in [0.4, 0.5) is 0 Å². The summed E-state index contributed by atoms with van der Waals surface area (Å²) in [6, 6.07) is 17.3. The van der Waals surface area contributed by atoms with Crippen molar-refractivity contribution in [2.24, 2.45) is 5.14 Å². The zero-order valence-electron chi connectivity index (χ0n) is 16.7. The van der Waals surface area contributed by atoms with E-state index in [1.807, 2.05) is 31.2 Å². The molecule has 5 aromatic rings. The molecule has 2 N–H and O–H groups in total. The lowest BCUT2D eigenvalue weighted by Crippen LogP contribution is -2.23. The first kappa shape index (κ1) is 20.3. The van der Waals surface area contributed by atoms with Crippen LogP contribution in [-0.4, -0.2) is 23.0 Å². The van der Waals surface area contributed by atoms with Crippen molar-refractivity contribution < 1.29 is 12.8 Å². The maximum atomic E-state index is 12.8. The van der Waals surface area contributed by atoms with E-state index in [1.165, 1.54) is 28.0 Å². The molecule has 0 amide bonds. The Kier molecular flexibility index (Phi) is 4.77. The monoisotopic (exact) mass is 464 g/mol. The van der Waals surface area contributed by atoms with Gasteiger partial charge in [-0.1, -0.05) is 41.2 Å². The third-order valence-corrected chi connectivity index (χ3v) is 6.75. The molecule has 3 heterocycles. The van der Waals surface area contributed by atoms with Gasteiger partial charge < -0.3 is 4.42 Å². The highest BCUT2D eigenvalue weighted by molar-refractivity contribution is 7.89. The van der Waals surface area contributed by atoms with Crippen molar-refractivity contribution in [1.29, 1.82) is 0 Å². The zero-order valence-corrected chi connectivity index (χ0v) is 18.4. The quantitative estimate of drug-likeness (QED) is 0.436. The summed E-state index contributed by atoms with van der Waals surface area (Å²) in [5.41, 5.74) is 2.39. The first-order valence-corrected chi connectivity index (χ1v) is 11.9. The highest BCUT2D eigenvalue weighted by atomic mass is 32.2. The molecular formula is C22H16N4O4S2. The smallest absolute Gasteiger partial charge is 0.291 e. The predicted molar refractivity (Wildman–Crippen MR) is 122 cm³/mol. The Balaban J connectivity index is 1.46. The van der Waals surface area contributed by atoms with Crippen molar-refractivity contribution in [3.8, 4) is 22.7 Å². The molecule has 0 aliphatic carbocycles. The Morgan fingerprint density at radius 1 is 1.00 bits per heavy atom. The van der Waals surface area contributed by atoms with Crippen LogP contribution in [0.1, 0.15) is 11.3 Å². The number of nitrogens with two attached hydrogens (primary N) is 1. The minimum atomic E-state index is -3.76. The fraction of sp³-hybridized carbons (Fsp3) is 0.0455. The van der Waals surface area contributed by atoms with Gasteiger partial charge in [0.25, 0.3) is 5.56 Å². The zero-order chi connectivity index (χ0) is 22.5. The molecule has 0 fully saturated rings. The molecule has 3 aromatic heterocycles. The van der Waals surface area contributed by atoms with E-state index in [4.69, 9.17) is 9.56 Å². The van der Waals surface area contributed by atoms with E-state index in [2.05, 4.69) is 10.1 Å². The van der Waals surface area contributed by atoms with Gasteiger partial charge in [0.2, 0.25) is 15.0 Å². The lowest BCUT2D eigenvalue weighted by molar-refractivity contribution is 0.571. The molecule has 5 rings (SSSR count). The highest BCUT2D eigenvalue weighted by Gasteiger charge is 2.13. The molecule has 0 aliphatic heterocycles. The number of aryl methyl sites for hydroxylation is 1. The Bertz CT molecular complexity index is 1660. The van der Waals surface area contributed by atoms with Crippen molar-refractivity contribution in [2.75, 3.05) is 0 Å². The molecule has 0 saturated heterocycles. The normalized spacial score (nSPS) is 12.6. The van der Waals surface area contributed by atoms with Gasteiger partial charge in [0.05, 0.1) is 4.90 Å². The molecular weight excluding hydrogens is 448 g/mol. The molecule has 0 spiro atoms. The second-order valence-corrected chi connectivity index (χ2v) is 9.75. The molecule has 0 unspecified atom stereocenters. The molecule has 0 saturated carbocycles. The van der Waals surface area contributed by atoms with Crippen molar-refractivity contribution in [3.05, 3.63) is 86.9 Å². The molecule has 8 nitrogen and oxygen atoms in total. The van der Waals surface area contributed by atoms with Crippen LogP contribution in [0.5, 0.6) is 0 Å². The summed E-state index contributed by atoms with van der Waals surface area (Å²) in [5.74, 6) is 1.52. The Labute approximate surface area is 186 Å². The number of primary sulfonamides is 1. The van der Waals surface area contributed by atoms with Crippen LogP contribution in [0, 0.1) is 6.92 Å². The summed E-state index contributed by atoms with van der Waals surface area (Å²) < 4.78 is 30.3. The van der Waals surface area contributed by atoms with Crippen molar-refractivity contribution in [2.45, 2.75) is 11.8 Å². The second-order valence-electron chi connectivity index (χ2n) is 7.18. The highest BCUT2D eigenvalue weighted by Crippen LogP contribution is 2.24. The largest absolute Gasteiger partial charge is 0.457 e. The molecule has 0 atom stereocenters. The van der Waals surface area contributed by atoms with Gasteiger partial charge >= 0.3 is 0 Å². The van der Waals surface area contributed by atoms with Crippen LogP contribution in [0.2, 0.25) is 0 Å². The number of hydrogen-bond donors (Lipinski definition) is 1. The van der Waals surface area contributed by atoms with Crippen LogP contribution in [0.3, 0.4) is 0 Å². The van der Waals surface area contributed by atoms with E-state index in [9.17, 15) is 13.2 Å². The van der Waals surface area contributed by atoms with Gasteiger partial charge in [0, 0.05) is 17.2 Å². The van der Waals surface area contributed by atoms with Gasteiger partial charge in [-0.15, -0.1) is 5.10 Å². The minimum Gasteiger partial charge on any atom is -0.457 e. The average molecular weight is 465 g/mol. The van der Waals surface area contributed by atoms with Crippen LogP contribution in [0.25, 0.3) is 33.7 Å². The maximum Gasteiger partial charge on any atom is 0.291 e. The molecule has 2 aromatic carbocycles. The Morgan fingerprint density at radius 2 is 1.69 bits per heavy atom. The van der Waals surface area contributed by atoms with E-state index in [0.717, 1.165) is 11.1 Å². The lowest BCUT2D eigenvalue weighted by Gasteiger charge is -2.00. The number of aromatic nitrogens is 3. The van der Waals surface area contributed by atoms with Crippen molar-refractivity contribution in [1.82, 2.24) is 14.6 Å². The van der Waals surface area contributed by atoms with Crippen LogP contribution in [-0.2, 0) is 10.0 Å². The number of hydrogen-bond acceptors (Lipinski definition) is 7. The number of benzene rings is 2. The van der Waals surface area contributed by atoms with Gasteiger partial charge in [0.15, 0.2) is 5.82 Å². The van der Waals surface area contributed by atoms with Crippen LogP contribution in [0.15, 0.2) is 74.8 Å². The van der Waals surface area contributed by atoms with Gasteiger partial charge in [-0.25, -0.2) is 13.6 Å². The van der Waals surface area contributed by atoms with E-state index in [0.29, 0.717) is 32.4 Å². The topological polar surface area (TPSA) is 121 Å². The number of furan rings is 1. The van der Waals surface area contributed by atoms with Crippen LogP contribution < -0.4 is 15.2 Å². The number of rotatable bonds is 4. The average Bonchev–Trinajstić information content (AvgIpc) is 3.46. The molecule has 0 radical (unpaired) electrons. The number of thiazole rings is 1. The molecule has 10 heteroatoms. The molecule has 32 heavy (non-hydrogen) atoms. The molecule has 0 bridgehead atoms. The van der Waals surface area contributed by atoms with Gasteiger partial charge in [-0.2, -0.15) is 9.50 Å². The van der Waals surface area contributed by atoms with Gasteiger partial charge in [-0.05, 0) is 43.3 Å². The third-order valence-electron chi connectivity index (χ3n) is 4.86. The van der Waals surface area contributed by atoms with Gasteiger partial charge in [0.1, 0.15) is 16.1 Å². The van der Waals surface area contributed by atoms with E-state index in [-0.39, 0.29) is 10.5 Å². The van der Waals surface area contributed by atoms with Crippen molar-refractivity contribution >= 4 is 32.4 Å².